The minimum Gasteiger partial charge on any atom is -0.494 e. The quantitative estimate of drug-likeness (QED) is 0.0853. The van der Waals surface area contributed by atoms with Gasteiger partial charge in [0.25, 0.3) is 0 Å². The fourth-order valence-corrected chi connectivity index (χ4v) is 3.91. The second-order valence-corrected chi connectivity index (χ2v) is 10.8. The van der Waals surface area contributed by atoms with Gasteiger partial charge in [-0.2, -0.15) is 0 Å². The van der Waals surface area contributed by atoms with Crippen LogP contribution in [0.5, 0.6) is 11.5 Å². The Hall–Kier alpha value is -3.62. The lowest BCUT2D eigenvalue weighted by Crippen LogP contribution is -2.18. The van der Waals surface area contributed by atoms with Gasteiger partial charge in [0.15, 0.2) is 0 Å². The van der Waals surface area contributed by atoms with Crippen LogP contribution in [0.3, 0.4) is 0 Å². The zero-order valence-corrected chi connectivity index (χ0v) is 26.3. The summed E-state index contributed by atoms with van der Waals surface area (Å²) in [4.78, 5) is 22.6. The zero-order chi connectivity index (χ0) is 31.5. The standard InChI is InChI=1S/C35H48O8/c1-27(2)33(36)42-25-9-21-38-19-7-23-40-31-15-11-29(12-16-31)35(5,6)30-13-17-32(18-14-30)41-24-8-20-39-22-10-26-43-34(37)28(3)4/h11-18H,1,3,7-10,19-26H2,2,4-6H3. The monoisotopic (exact) mass is 596 g/mol. The molecule has 2 aromatic rings. The van der Waals surface area contributed by atoms with Gasteiger partial charge in [-0.3, -0.25) is 0 Å². The fraction of sp³-hybridized carbons (Fsp3) is 0.486. The van der Waals surface area contributed by atoms with Crippen molar-refractivity contribution < 1.29 is 38.0 Å². The maximum Gasteiger partial charge on any atom is 0.333 e. The highest BCUT2D eigenvalue weighted by Gasteiger charge is 2.23. The van der Waals surface area contributed by atoms with E-state index in [1.54, 1.807) is 13.8 Å². The van der Waals surface area contributed by atoms with Crippen molar-refractivity contribution in [3.8, 4) is 11.5 Å². The number of rotatable bonds is 22. The van der Waals surface area contributed by atoms with Gasteiger partial charge in [0.1, 0.15) is 11.5 Å². The minimum atomic E-state index is -0.365. The Bertz CT molecular complexity index is 1050. The molecule has 43 heavy (non-hydrogen) atoms. The van der Waals surface area contributed by atoms with Crippen LogP contribution in [0.1, 0.15) is 64.5 Å². The summed E-state index contributed by atoms with van der Waals surface area (Å²) in [5.74, 6) is 0.918. The maximum atomic E-state index is 11.3. The van der Waals surface area contributed by atoms with Crippen LogP contribution in [-0.4, -0.2) is 64.8 Å². The number of carbonyl (C=O) groups excluding carboxylic acids is 2. The van der Waals surface area contributed by atoms with Gasteiger partial charge in [-0.25, -0.2) is 9.59 Å². The highest BCUT2D eigenvalue weighted by molar-refractivity contribution is 5.87. The molecule has 8 nitrogen and oxygen atoms in total. The van der Waals surface area contributed by atoms with Gasteiger partial charge >= 0.3 is 11.9 Å². The predicted molar refractivity (Wildman–Crippen MR) is 168 cm³/mol. The second-order valence-electron chi connectivity index (χ2n) is 10.8. The van der Waals surface area contributed by atoms with Crippen LogP contribution >= 0.6 is 0 Å². The van der Waals surface area contributed by atoms with Gasteiger partial charge in [0, 0.05) is 68.7 Å². The first-order chi connectivity index (χ1) is 20.6. The molecule has 0 saturated heterocycles. The number of esters is 2. The molecule has 0 saturated carbocycles. The summed E-state index contributed by atoms with van der Waals surface area (Å²) in [6.07, 6.45) is 2.86. The van der Waals surface area contributed by atoms with E-state index in [2.05, 4.69) is 51.3 Å². The van der Waals surface area contributed by atoms with Crippen molar-refractivity contribution in [3.05, 3.63) is 84.0 Å². The van der Waals surface area contributed by atoms with Crippen LogP contribution in [0.2, 0.25) is 0 Å². The first kappa shape index (κ1) is 35.6. The van der Waals surface area contributed by atoms with E-state index in [-0.39, 0.29) is 17.4 Å². The average molecular weight is 597 g/mol. The highest BCUT2D eigenvalue weighted by Crippen LogP contribution is 2.33. The van der Waals surface area contributed by atoms with Gasteiger partial charge in [-0.05, 0) is 49.2 Å². The van der Waals surface area contributed by atoms with Crippen molar-refractivity contribution >= 4 is 11.9 Å². The molecule has 2 aromatic carbocycles. The molecule has 0 aliphatic heterocycles. The summed E-state index contributed by atoms with van der Waals surface area (Å²) >= 11 is 0. The molecule has 8 heteroatoms. The normalized spacial score (nSPS) is 11.1. The summed E-state index contributed by atoms with van der Waals surface area (Å²) in [6.45, 7) is 18.8. The first-order valence-corrected chi connectivity index (χ1v) is 14.9. The van der Waals surface area contributed by atoms with Crippen molar-refractivity contribution in [3.63, 3.8) is 0 Å². The van der Waals surface area contributed by atoms with E-state index in [9.17, 15) is 9.59 Å². The Morgan fingerprint density at radius 1 is 0.558 bits per heavy atom. The molecule has 0 unspecified atom stereocenters. The smallest absolute Gasteiger partial charge is 0.333 e. The lowest BCUT2D eigenvalue weighted by Gasteiger charge is -2.26. The van der Waals surface area contributed by atoms with Crippen molar-refractivity contribution in [1.82, 2.24) is 0 Å². The number of hydrogen-bond acceptors (Lipinski definition) is 8. The highest BCUT2D eigenvalue weighted by atomic mass is 16.5. The molecule has 0 aromatic heterocycles. The third-order valence-electron chi connectivity index (χ3n) is 6.58. The molecule has 0 amide bonds. The average Bonchev–Trinajstić information content (AvgIpc) is 2.99. The SMILES string of the molecule is C=C(C)C(=O)OCCCOCCCOc1ccc(C(C)(C)c2ccc(OCCCOCCCOC(=O)C(=C)C)cc2)cc1. The summed E-state index contributed by atoms with van der Waals surface area (Å²) in [6, 6.07) is 16.4. The van der Waals surface area contributed by atoms with Crippen LogP contribution < -0.4 is 9.47 Å². The number of carbonyl (C=O) groups is 2. The Labute approximate surface area is 257 Å². The molecule has 0 bridgehead atoms. The predicted octanol–water partition coefficient (Wildman–Crippen LogP) is 6.60. The molecule has 2 rings (SSSR count). The molecule has 0 atom stereocenters. The van der Waals surface area contributed by atoms with Crippen molar-refractivity contribution in [2.24, 2.45) is 0 Å². The topological polar surface area (TPSA) is 89.5 Å². The van der Waals surface area contributed by atoms with E-state index in [0.717, 1.165) is 24.3 Å². The Kier molecular flexibility index (Phi) is 16.2. The van der Waals surface area contributed by atoms with Gasteiger partial charge in [-0.1, -0.05) is 51.3 Å². The van der Waals surface area contributed by atoms with Crippen LogP contribution in [0, 0.1) is 0 Å². The van der Waals surface area contributed by atoms with Crippen molar-refractivity contribution in [1.29, 1.82) is 0 Å². The summed E-state index contributed by atoms with van der Waals surface area (Å²) < 4.78 is 33.0. The molecule has 0 radical (unpaired) electrons. The molecular weight excluding hydrogens is 548 g/mol. The van der Waals surface area contributed by atoms with E-state index in [1.165, 1.54) is 11.1 Å². The largest absolute Gasteiger partial charge is 0.494 e. The molecule has 0 fully saturated rings. The molecule has 0 aliphatic rings. The van der Waals surface area contributed by atoms with E-state index in [0.29, 0.717) is 76.8 Å². The van der Waals surface area contributed by atoms with Gasteiger partial charge in [-0.15, -0.1) is 0 Å². The Balaban J connectivity index is 1.62. The second kappa shape index (κ2) is 19.5. The summed E-state index contributed by atoms with van der Waals surface area (Å²) in [5.41, 5.74) is 3.00. The molecule has 0 spiro atoms. The number of benzene rings is 2. The van der Waals surface area contributed by atoms with E-state index in [1.807, 2.05) is 24.3 Å². The zero-order valence-electron chi connectivity index (χ0n) is 26.3. The first-order valence-electron chi connectivity index (χ1n) is 14.9. The number of hydrogen-bond donors (Lipinski definition) is 0. The van der Waals surface area contributed by atoms with Crippen LogP contribution in [-0.2, 0) is 34.0 Å². The minimum absolute atomic E-state index is 0.184. The van der Waals surface area contributed by atoms with E-state index in [4.69, 9.17) is 28.4 Å². The van der Waals surface area contributed by atoms with Crippen LogP contribution in [0.15, 0.2) is 72.8 Å². The van der Waals surface area contributed by atoms with Crippen molar-refractivity contribution in [2.75, 3.05) is 52.9 Å². The fourth-order valence-electron chi connectivity index (χ4n) is 3.91. The van der Waals surface area contributed by atoms with Gasteiger partial charge < -0.3 is 28.4 Å². The molecule has 0 heterocycles. The molecule has 0 N–H and O–H groups in total. The lowest BCUT2D eigenvalue weighted by atomic mass is 9.78. The molecular formula is C35H48O8. The molecule has 236 valence electrons. The summed E-state index contributed by atoms with van der Waals surface area (Å²) in [5, 5.41) is 0. The maximum absolute atomic E-state index is 11.3. The Morgan fingerprint density at radius 2 is 0.884 bits per heavy atom. The van der Waals surface area contributed by atoms with Gasteiger partial charge in [0.05, 0.1) is 26.4 Å². The third kappa shape index (κ3) is 13.9. The summed E-state index contributed by atoms with van der Waals surface area (Å²) in [7, 11) is 0. The molecule has 0 aliphatic carbocycles. The van der Waals surface area contributed by atoms with Crippen LogP contribution in [0.4, 0.5) is 0 Å². The third-order valence-corrected chi connectivity index (χ3v) is 6.58. The lowest BCUT2D eigenvalue weighted by molar-refractivity contribution is -0.140. The van der Waals surface area contributed by atoms with E-state index < -0.39 is 0 Å². The van der Waals surface area contributed by atoms with Crippen molar-refractivity contribution in [2.45, 2.75) is 58.8 Å². The van der Waals surface area contributed by atoms with E-state index >= 15 is 0 Å². The number of ether oxygens (including phenoxy) is 6. The van der Waals surface area contributed by atoms with Gasteiger partial charge in [0.2, 0.25) is 0 Å². The van der Waals surface area contributed by atoms with Crippen LogP contribution in [0.25, 0.3) is 0 Å². The Morgan fingerprint density at radius 3 is 1.21 bits per heavy atom.